The molecule has 3 rings (SSSR count). The van der Waals surface area contributed by atoms with E-state index in [0.717, 1.165) is 11.1 Å². The summed E-state index contributed by atoms with van der Waals surface area (Å²) in [6, 6.07) is 11.1. The Morgan fingerprint density at radius 1 is 1.08 bits per heavy atom. The number of rotatable bonds is 3. The van der Waals surface area contributed by atoms with Crippen LogP contribution in [0.1, 0.15) is 11.1 Å². The van der Waals surface area contributed by atoms with Gasteiger partial charge < -0.3 is 5.32 Å². The zero-order valence-electron chi connectivity index (χ0n) is 13.4. The van der Waals surface area contributed by atoms with Crippen molar-refractivity contribution in [1.29, 1.82) is 0 Å². The summed E-state index contributed by atoms with van der Waals surface area (Å²) in [5.74, 6) is -0.374. The van der Waals surface area contributed by atoms with Crippen LogP contribution >= 0.6 is 23.2 Å². The number of hydrogen-bond acceptors (Lipinski definition) is 3. The van der Waals surface area contributed by atoms with Gasteiger partial charge in [0.2, 0.25) is 15.9 Å². The number of likely N-dealkylation sites (N-methyl/N-ethyl adjacent to an activating group) is 1. The maximum atomic E-state index is 13.2. The lowest BCUT2D eigenvalue weighted by Gasteiger charge is -2.35. The second-order valence-electron chi connectivity index (χ2n) is 5.70. The molecule has 1 atom stereocenters. The highest BCUT2D eigenvalue weighted by Gasteiger charge is 2.40. The SMILES string of the molecule is CNC(=O)C1Cc2ccccc2CN1S(=O)(=O)c1c(Cl)cccc1Cl. The fraction of sp³-hybridized carbons (Fsp3) is 0.235. The summed E-state index contributed by atoms with van der Waals surface area (Å²) in [7, 11) is -2.58. The number of carbonyl (C=O) groups excluding carboxylic acids is 1. The summed E-state index contributed by atoms with van der Waals surface area (Å²) in [5, 5.41) is 2.60. The minimum atomic E-state index is -4.06. The molecule has 1 aliphatic rings. The van der Waals surface area contributed by atoms with Gasteiger partial charge in [0.15, 0.2) is 0 Å². The van der Waals surface area contributed by atoms with Gasteiger partial charge in [-0.3, -0.25) is 4.79 Å². The molecular weight excluding hydrogens is 383 g/mol. The van der Waals surface area contributed by atoms with Crippen molar-refractivity contribution in [3.05, 3.63) is 63.6 Å². The smallest absolute Gasteiger partial charge is 0.247 e. The van der Waals surface area contributed by atoms with Crippen molar-refractivity contribution in [2.24, 2.45) is 0 Å². The molecule has 8 heteroatoms. The average molecular weight is 399 g/mol. The largest absolute Gasteiger partial charge is 0.358 e. The highest BCUT2D eigenvalue weighted by molar-refractivity contribution is 7.89. The second kappa shape index (κ2) is 6.96. The number of nitrogens with zero attached hydrogens (tertiary/aromatic N) is 1. The van der Waals surface area contributed by atoms with Gasteiger partial charge in [-0.15, -0.1) is 0 Å². The first kappa shape index (κ1) is 18.2. The number of halogens is 2. The molecule has 0 bridgehead atoms. The maximum absolute atomic E-state index is 13.2. The molecule has 0 fully saturated rings. The Kier molecular flexibility index (Phi) is 5.06. The average Bonchev–Trinajstić information content (AvgIpc) is 2.59. The summed E-state index contributed by atoms with van der Waals surface area (Å²) >= 11 is 12.2. The standard InChI is InChI=1S/C17H16Cl2N2O3S/c1-20-17(22)15-9-11-5-2-3-6-12(11)10-21(15)25(23,24)16-13(18)7-4-8-14(16)19/h2-8,15H,9-10H2,1H3,(H,20,22). The van der Waals surface area contributed by atoms with Crippen LogP contribution < -0.4 is 5.32 Å². The molecule has 0 aliphatic carbocycles. The Morgan fingerprint density at radius 2 is 1.68 bits per heavy atom. The summed E-state index contributed by atoms with van der Waals surface area (Å²) in [4.78, 5) is 12.2. The van der Waals surface area contributed by atoms with E-state index in [-0.39, 0.29) is 33.8 Å². The topological polar surface area (TPSA) is 66.5 Å². The van der Waals surface area contributed by atoms with Gasteiger partial charge in [0.05, 0.1) is 10.0 Å². The van der Waals surface area contributed by atoms with Crippen molar-refractivity contribution in [3.8, 4) is 0 Å². The molecule has 5 nitrogen and oxygen atoms in total. The van der Waals surface area contributed by atoms with Gasteiger partial charge >= 0.3 is 0 Å². The number of nitrogens with one attached hydrogen (secondary N) is 1. The third-order valence-corrected chi connectivity index (χ3v) is 7.05. The molecule has 0 radical (unpaired) electrons. The van der Waals surface area contributed by atoms with Crippen molar-refractivity contribution in [3.63, 3.8) is 0 Å². The fourth-order valence-corrected chi connectivity index (χ4v) is 5.65. The fourth-order valence-electron chi connectivity index (χ4n) is 2.99. The molecule has 0 spiro atoms. The summed E-state index contributed by atoms with van der Waals surface area (Å²) < 4.78 is 27.7. The highest BCUT2D eigenvalue weighted by Crippen LogP contribution is 2.35. The number of amides is 1. The van der Waals surface area contributed by atoms with Crippen LogP contribution in [0.4, 0.5) is 0 Å². The minimum Gasteiger partial charge on any atom is -0.358 e. The molecule has 2 aromatic rings. The summed E-state index contributed by atoms with van der Waals surface area (Å²) in [5.41, 5.74) is 1.81. The molecule has 0 saturated heterocycles. The number of sulfonamides is 1. The van der Waals surface area contributed by atoms with E-state index in [1.165, 1.54) is 23.5 Å². The van der Waals surface area contributed by atoms with E-state index >= 15 is 0 Å². The zero-order valence-corrected chi connectivity index (χ0v) is 15.7. The van der Waals surface area contributed by atoms with Crippen molar-refractivity contribution in [1.82, 2.24) is 9.62 Å². The van der Waals surface area contributed by atoms with Crippen LogP contribution in [0.2, 0.25) is 10.0 Å². The summed E-state index contributed by atoms with van der Waals surface area (Å²) in [6.45, 7) is 0.0815. The molecule has 2 aromatic carbocycles. The predicted molar refractivity (Wildman–Crippen MR) is 97.2 cm³/mol. The molecule has 25 heavy (non-hydrogen) atoms. The zero-order chi connectivity index (χ0) is 18.2. The van der Waals surface area contributed by atoms with E-state index in [4.69, 9.17) is 23.2 Å². The predicted octanol–water partition coefficient (Wildman–Crippen LogP) is 2.86. The molecule has 1 unspecified atom stereocenters. The number of benzene rings is 2. The molecule has 0 aromatic heterocycles. The van der Waals surface area contributed by atoms with Crippen LogP contribution in [0.15, 0.2) is 47.4 Å². The summed E-state index contributed by atoms with van der Waals surface area (Å²) in [6.07, 6.45) is 0.289. The third-order valence-electron chi connectivity index (χ3n) is 4.24. The van der Waals surface area contributed by atoms with Crippen LogP contribution in [-0.2, 0) is 27.8 Å². The van der Waals surface area contributed by atoms with E-state index in [9.17, 15) is 13.2 Å². The Morgan fingerprint density at radius 3 is 2.28 bits per heavy atom. The van der Waals surface area contributed by atoms with Crippen LogP contribution in [0.3, 0.4) is 0 Å². The van der Waals surface area contributed by atoms with Gasteiger partial charge in [-0.25, -0.2) is 8.42 Å². The lowest BCUT2D eigenvalue weighted by atomic mass is 9.95. The first-order chi connectivity index (χ1) is 11.9. The Labute approximate surface area is 156 Å². The van der Waals surface area contributed by atoms with E-state index in [2.05, 4.69) is 5.32 Å². The first-order valence-corrected chi connectivity index (χ1v) is 9.80. The molecule has 1 heterocycles. The number of fused-ring (bicyclic) bond motifs is 1. The Hall–Kier alpha value is -1.60. The van der Waals surface area contributed by atoms with Crippen LogP contribution in [0.25, 0.3) is 0 Å². The van der Waals surface area contributed by atoms with Gasteiger partial charge in [-0.1, -0.05) is 53.5 Å². The van der Waals surface area contributed by atoms with Crippen molar-refractivity contribution in [2.45, 2.75) is 23.9 Å². The second-order valence-corrected chi connectivity index (χ2v) is 8.35. The van der Waals surface area contributed by atoms with Crippen molar-refractivity contribution < 1.29 is 13.2 Å². The number of hydrogen-bond donors (Lipinski definition) is 1. The minimum absolute atomic E-state index is 0.0296. The van der Waals surface area contributed by atoms with Crippen LogP contribution in [0, 0.1) is 0 Å². The molecule has 1 N–H and O–H groups in total. The maximum Gasteiger partial charge on any atom is 0.247 e. The quantitative estimate of drug-likeness (QED) is 0.863. The lowest BCUT2D eigenvalue weighted by molar-refractivity contribution is -0.124. The van der Waals surface area contributed by atoms with Gasteiger partial charge in [0, 0.05) is 13.6 Å². The van der Waals surface area contributed by atoms with Crippen LogP contribution in [-0.4, -0.2) is 31.7 Å². The molecule has 1 aliphatic heterocycles. The Balaban J connectivity index is 2.14. The third kappa shape index (κ3) is 3.27. The van der Waals surface area contributed by atoms with Gasteiger partial charge in [-0.2, -0.15) is 4.31 Å². The van der Waals surface area contributed by atoms with E-state index in [1.54, 1.807) is 6.07 Å². The molecule has 0 saturated carbocycles. The Bertz CT molecular complexity index is 911. The van der Waals surface area contributed by atoms with Crippen molar-refractivity contribution >= 4 is 39.1 Å². The molecular formula is C17H16Cl2N2O3S. The van der Waals surface area contributed by atoms with Crippen LogP contribution in [0.5, 0.6) is 0 Å². The lowest BCUT2D eigenvalue weighted by Crippen LogP contribution is -2.51. The van der Waals surface area contributed by atoms with Gasteiger partial charge in [-0.05, 0) is 29.7 Å². The molecule has 132 valence electrons. The first-order valence-electron chi connectivity index (χ1n) is 7.60. The molecule has 1 amide bonds. The van der Waals surface area contributed by atoms with Gasteiger partial charge in [0.1, 0.15) is 10.9 Å². The van der Waals surface area contributed by atoms with E-state index < -0.39 is 16.1 Å². The van der Waals surface area contributed by atoms with E-state index in [1.807, 2.05) is 24.3 Å². The van der Waals surface area contributed by atoms with Gasteiger partial charge in [0.25, 0.3) is 0 Å². The normalized spacial score (nSPS) is 17.8. The van der Waals surface area contributed by atoms with Crippen molar-refractivity contribution in [2.75, 3.05) is 7.05 Å². The number of carbonyl (C=O) groups is 1. The van der Waals surface area contributed by atoms with E-state index in [0.29, 0.717) is 0 Å². The highest BCUT2D eigenvalue weighted by atomic mass is 35.5. The monoisotopic (exact) mass is 398 g/mol.